The van der Waals surface area contributed by atoms with Crippen molar-refractivity contribution in [1.29, 1.82) is 0 Å². The molecular weight excluding hydrogens is 231 g/mol. The molecule has 0 radical (unpaired) electrons. The molecule has 1 unspecified atom stereocenters. The third kappa shape index (κ3) is 3.70. The van der Waals surface area contributed by atoms with Crippen molar-refractivity contribution < 1.29 is 18.0 Å². The van der Waals surface area contributed by atoms with Crippen molar-refractivity contribution in [2.45, 2.75) is 19.2 Å². The molecule has 15 heavy (non-hydrogen) atoms. The van der Waals surface area contributed by atoms with Crippen LogP contribution in [0.2, 0.25) is 0 Å². The standard InChI is InChI=1S/C9H10F3NO.ClH/c1-6(14-13)7-3-2-4-8(5-7)9(10,11)12;/h2-6H,13H2,1H3;1H. The highest BCUT2D eigenvalue weighted by molar-refractivity contribution is 5.85. The van der Waals surface area contributed by atoms with Crippen LogP contribution in [0.15, 0.2) is 24.3 Å². The Morgan fingerprint density at radius 3 is 2.40 bits per heavy atom. The van der Waals surface area contributed by atoms with Crippen molar-refractivity contribution >= 4 is 12.4 Å². The fourth-order valence-corrected chi connectivity index (χ4v) is 1.05. The van der Waals surface area contributed by atoms with E-state index in [0.29, 0.717) is 5.56 Å². The summed E-state index contributed by atoms with van der Waals surface area (Å²) in [6.45, 7) is 1.58. The van der Waals surface area contributed by atoms with Gasteiger partial charge in [0.25, 0.3) is 0 Å². The second-order valence-corrected chi connectivity index (χ2v) is 2.90. The Morgan fingerprint density at radius 1 is 1.33 bits per heavy atom. The first kappa shape index (κ1) is 14.2. The summed E-state index contributed by atoms with van der Waals surface area (Å²) in [5.41, 5.74) is -0.291. The van der Waals surface area contributed by atoms with E-state index in [1.54, 1.807) is 6.92 Å². The van der Waals surface area contributed by atoms with Gasteiger partial charge in [-0.25, -0.2) is 5.90 Å². The van der Waals surface area contributed by atoms with Gasteiger partial charge < -0.3 is 0 Å². The molecular formula is C9H11ClF3NO. The van der Waals surface area contributed by atoms with Gasteiger partial charge in [0.1, 0.15) is 6.10 Å². The molecule has 1 aromatic rings. The monoisotopic (exact) mass is 241 g/mol. The van der Waals surface area contributed by atoms with Crippen LogP contribution in [0.3, 0.4) is 0 Å². The minimum Gasteiger partial charge on any atom is -0.297 e. The third-order valence-electron chi connectivity index (χ3n) is 1.89. The zero-order chi connectivity index (χ0) is 10.8. The van der Waals surface area contributed by atoms with E-state index in [4.69, 9.17) is 5.90 Å². The van der Waals surface area contributed by atoms with Crippen molar-refractivity contribution in [1.82, 2.24) is 0 Å². The van der Waals surface area contributed by atoms with Crippen LogP contribution < -0.4 is 5.90 Å². The van der Waals surface area contributed by atoms with Crippen LogP contribution in [-0.2, 0) is 11.0 Å². The fraction of sp³-hybridized carbons (Fsp3) is 0.333. The van der Waals surface area contributed by atoms with Gasteiger partial charge in [-0.15, -0.1) is 12.4 Å². The number of alkyl halides is 3. The van der Waals surface area contributed by atoms with Crippen LogP contribution in [0, 0.1) is 0 Å². The average molecular weight is 242 g/mol. The number of rotatable bonds is 2. The second-order valence-electron chi connectivity index (χ2n) is 2.90. The first-order valence-electron chi connectivity index (χ1n) is 3.98. The smallest absolute Gasteiger partial charge is 0.297 e. The summed E-state index contributed by atoms with van der Waals surface area (Å²) in [7, 11) is 0. The maximum absolute atomic E-state index is 12.3. The quantitative estimate of drug-likeness (QED) is 0.808. The summed E-state index contributed by atoms with van der Waals surface area (Å²) in [6.07, 6.45) is -4.87. The molecule has 0 aliphatic heterocycles. The molecule has 0 bridgehead atoms. The van der Waals surface area contributed by atoms with E-state index in [1.165, 1.54) is 12.1 Å². The molecule has 0 aliphatic rings. The molecule has 2 nitrogen and oxygen atoms in total. The van der Waals surface area contributed by atoms with E-state index in [1.807, 2.05) is 0 Å². The van der Waals surface area contributed by atoms with Crippen LogP contribution in [0.25, 0.3) is 0 Å². The number of hydrogen-bond acceptors (Lipinski definition) is 2. The largest absolute Gasteiger partial charge is 0.416 e. The van der Waals surface area contributed by atoms with Crippen molar-refractivity contribution in [3.63, 3.8) is 0 Å². The predicted molar refractivity (Wildman–Crippen MR) is 52.4 cm³/mol. The summed E-state index contributed by atoms with van der Waals surface area (Å²) in [6, 6.07) is 4.89. The summed E-state index contributed by atoms with van der Waals surface area (Å²) in [5.74, 6) is 4.88. The van der Waals surface area contributed by atoms with E-state index < -0.39 is 17.8 Å². The van der Waals surface area contributed by atoms with Gasteiger partial charge in [0, 0.05) is 0 Å². The van der Waals surface area contributed by atoms with Crippen LogP contribution in [0.4, 0.5) is 13.2 Å². The van der Waals surface area contributed by atoms with Crippen LogP contribution >= 0.6 is 12.4 Å². The molecule has 0 aromatic heterocycles. The first-order chi connectivity index (χ1) is 6.45. The Bertz CT molecular complexity index is 316. The third-order valence-corrected chi connectivity index (χ3v) is 1.89. The van der Waals surface area contributed by atoms with Gasteiger partial charge in [-0.05, 0) is 24.6 Å². The molecule has 0 spiro atoms. The lowest BCUT2D eigenvalue weighted by Crippen LogP contribution is -2.09. The van der Waals surface area contributed by atoms with Gasteiger partial charge in [0.2, 0.25) is 0 Å². The molecule has 0 saturated carbocycles. The lowest BCUT2D eigenvalue weighted by Gasteiger charge is -2.12. The Morgan fingerprint density at radius 2 is 1.93 bits per heavy atom. The topological polar surface area (TPSA) is 35.2 Å². The van der Waals surface area contributed by atoms with Crippen molar-refractivity contribution in [2.75, 3.05) is 0 Å². The Balaban J connectivity index is 0.00000196. The van der Waals surface area contributed by atoms with Gasteiger partial charge >= 0.3 is 6.18 Å². The molecule has 0 saturated heterocycles. The summed E-state index contributed by atoms with van der Waals surface area (Å²) in [4.78, 5) is 4.44. The molecule has 86 valence electrons. The fourth-order valence-electron chi connectivity index (χ4n) is 1.05. The van der Waals surface area contributed by atoms with E-state index in [-0.39, 0.29) is 12.4 Å². The maximum atomic E-state index is 12.3. The second kappa shape index (κ2) is 5.34. The molecule has 1 atom stereocenters. The van der Waals surface area contributed by atoms with E-state index in [2.05, 4.69) is 4.84 Å². The summed E-state index contributed by atoms with van der Waals surface area (Å²) >= 11 is 0. The van der Waals surface area contributed by atoms with E-state index in [0.717, 1.165) is 12.1 Å². The zero-order valence-electron chi connectivity index (χ0n) is 7.91. The molecule has 0 aliphatic carbocycles. The van der Waals surface area contributed by atoms with Gasteiger partial charge in [-0.2, -0.15) is 13.2 Å². The van der Waals surface area contributed by atoms with E-state index >= 15 is 0 Å². The SMILES string of the molecule is CC(ON)c1cccc(C(F)(F)F)c1.Cl. The van der Waals surface area contributed by atoms with Crippen molar-refractivity contribution in [3.05, 3.63) is 35.4 Å². The number of nitrogens with two attached hydrogens (primary N) is 1. The molecule has 1 aromatic carbocycles. The molecule has 0 amide bonds. The zero-order valence-corrected chi connectivity index (χ0v) is 8.73. The van der Waals surface area contributed by atoms with Gasteiger partial charge in [0.15, 0.2) is 0 Å². The normalized spacial score (nSPS) is 13.1. The van der Waals surface area contributed by atoms with Gasteiger partial charge in [0.05, 0.1) is 5.56 Å². The number of benzene rings is 1. The molecule has 2 N–H and O–H groups in total. The van der Waals surface area contributed by atoms with Crippen LogP contribution in [-0.4, -0.2) is 0 Å². The molecule has 0 heterocycles. The highest BCUT2D eigenvalue weighted by atomic mass is 35.5. The lowest BCUT2D eigenvalue weighted by molar-refractivity contribution is -0.137. The Kier molecular flexibility index (Phi) is 5.07. The first-order valence-corrected chi connectivity index (χ1v) is 3.98. The minimum absolute atomic E-state index is 0. The Labute approximate surface area is 91.6 Å². The highest BCUT2D eigenvalue weighted by Crippen LogP contribution is 2.30. The van der Waals surface area contributed by atoms with Gasteiger partial charge in [-0.1, -0.05) is 12.1 Å². The van der Waals surface area contributed by atoms with Crippen molar-refractivity contribution in [3.8, 4) is 0 Å². The summed E-state index contributed by atoms with van der Waals surface area (Å²) in [5, 5.41) is 0. The molecule has 0 fully saturated rings. The summed E-state index contributed by atoms with van der Waals surface area (Å²) < 4.78 is 36.8. The predicted octanol–water partition coefficient (Wildman–Crippen LogP) is 3.08. The van der Waals surface area contributed by atoms with Crippen LogP contribution in [0.1, 0.15) is 24.2 Å². The maximum Gasteiger partial charge on any atom is 0.416 e. The Hall–Kier alpha value is -0.780. The molecule has 6 heteroatoms. The number of hydrogen-bond donors (Lipinski definition) is 1. The van der Waals surface area contributed by atoms with E-state index in [9.17, 15) is 13.2 Å². The minimum atomic E-state index is -4.33. The van der Waals surface area contributed by atoms with Gasteiger partial charge in [-0.3, -0.25) is 4.84 Å². The lowest BCUT2D eigenvalue weighted by atomic mass is 10.1. The molecule has 1 rings (SSSR count). The average Bonchev–Trinajstić information content (AvgIpc) is 2.15. The number of halogens is 4. The van der Waals surface area contributed by atoms with Crippen molar-refractivity contribution in [2.24, 2.45) is 5.90 Å². The van der Waals surface area contributed by atoms with Crippen LogP contribution in [0.5, 0.6) is 0 Å². The highest BCUT2D eigenvalue weighted by Gasteiger charge is 2.30.